The Bertz CT molecular complexity index is 621. The molecule has 0 spiro atoms. The molecular weight excluding hydrogens is 330 g/mol. The normalized spacial score (nSPS) is 11.9. The summed E-state index contributed by atoms with van der Waals surface area (Å²) in [7, 11) is 1.62. The lowest BCUT2D eigenvalue weighted by molar-refractivity contribution is -0.119. The molecule has 122 valence electrons. The molecule has 0 aliphatic heterocycles. The van der Waals surface area contributed by atoms with Crippen LogP contribution in [0.2, 0.25) is 5.02 Å². The lowest BCUT2D eigenvalue weighted by Gasteiger charge is -2.17. The van der Waals surface area contributed by atoms with E-state index in [1.807, 2.05) is 42.5 Å². The Hall–Kier alpha value is -1.49. The van der Waals surface area contributed by atoms with Crippen LogP contribution in [0.3, 0.4) is 0 Å². The van der Waals surface area contributed by atoms with E-state index in [-0.39, 0.29) is 12.0 Å². The fourth-order valence-electron chi connectivity index (χ4n) is 2.15. The van der Waals surface area contributed by atoms with Gasteiger partial charge in [-0.25, -0.2) is 0 Å². The van der Waals surface area contributed by atoms with Gasteiger partial charge in [0.15, 0.2) is 0 Å². The molecule has 0 saturated carbocycles. The van der Waals surface area contributed by atoms with Crippen molar-refractivity contribution in [1.29, 1.82) is 0 Å². The van der Waals surface area contributed by atoms with Gasteiger partial charge >= 0.3 is 0 Å². The van der Waals surface area contributed by atoms with Crippen molar-refractivity contribution in [3.05, 3.63) is 70.7 Å². The predicted molar refractivity (Wildman–Crippen MR) is 96.8 cm³/mol. The maximum atomic E-state index is 11.9. The predicted octanol–water partition coefficient (Wildman–Crippen LogP) is 4.08. The molecule has 2 aromatic rings. The molecule has 0 aliphatic rings. The van der Waals surface area contributed by atoms with Gasteiger partial charge < -0.3 is 10.1 Å². The minimum atomic E-state index is -0.244. The standard InChI is InChI=1S/C18H20ClNO2S/c1-22-17(15-9-5-6-10-16(15)19)11-20-18(21)13-23-12-14-7-3-2-4-8-14/h2-10,17H,11-13H2,1H3,(H,20,21)/t17-/m0/s1. The molecule has 0 heterocycles. The van der Waals surface area contributed by atoms with Crippen molar-refractivity contribution in [2.24, 2.45) is 0 Å². The topological polar surface area (TPSA) is 38.3 Å². The smallest absolute Gasteiger partial charge is 0.230 e. The lowest BCUT2D eigenvalue weighted by Crippen LogP contribution is -2.30. The third-order valence-corrected chi connectivity index (χ3v) is 4.71. The summed E-state index contributed by atoms with van der Waals surface area (Å²) in [5.74, 6) is 1.25. The highest BCUT2D eigenvalue weighted by Crippen LogP contribution is 2.24. The second-order valence-electron chi connectivity index (χ2n) is 5.03. The number of carbonyl (C=O) groups is 1. The maximum absolute atomic E-state index is 11.9. The van der Waals surface area contributed by atoms with Crippen molar-refractivity contribution in [1.82, 2.24) is 5.32 Å². The average Bonchev–Trinajstić information content (AvgIpc) is 2.58. The highest BCUT2D eigenvalue weighted by molar-refractivity contribution is 7.99. The molecule has 0 saturated heterocycles. The number of methoxy groups -OCH3 is 1. The summed E-state index contributed by atoms with van der Waals surface area (Å²) in [5.41, 5.74) is 2.10. The Labute approximate surface area is 146 Å². The van der Waals surface area contributed by atoms with Crippen molar-refractivity contribution in [3.63, 3.8) is 0 Å². The number of thioether (sulfide) groups is 1. The summed E-state index contributed by atoms with van der Waals surface area (Å²) >= 11 is 7.76. The first-order valence-corrected chi connectivity index (χ1v) is 8.89. The van der Waals surface area contributed by atoms with Gasteiger partial charge in [-0.2, -0.15) is 0 Å². The third kappa shape index (κ3) is 5.90. The largest absolute Gasteiger partial charge is 0.375 e. The lowest BCUT2D eigenvalue weighted by atomic mass is 10.1. The summed E-state index contributed by atoms with van der Waals surface area (Å²) < 4.78 is 5.44. The monoisotopic (exact) mass is 349 g/mol. The number of carbonyl (C=O) groups excluding carboxylic acids is 1. The molecule has 2 aromatic carbocycles. The fraction of sp³-hybridized carbons (Fsp3) is 0.278. The summed E-state index contributed by atoms with van der Waals surface area (Å²) in [6.07, 6.45) is -0.244. The number of ether oxygens (including phenoxy) is 1. The van der Waals surface area contributed by atoms with Gasteiger partial charge in [-0.15, -0.1) is 11.8 Å². The Morgan fingerprint density at radius 1 is 1.17 bits per heavy atom. The molecular formula is C18H20ClNO2S. The van der Waals surface area contributed by atoms with Gasteiger partial charge in [-0.3, -0.25) is 4.79 Å². The van der Waals surface area contributed by atoms with Crippen LogP contribution < -0.4 is 5.32 Å². The van der Waals surface area contributed by atoms with Crippen LogP contribution in [-0.2, 0) is 15.3 Å². The highest BCUT2D eigenvalue weighted by Gasteiger charge is 2.14. The van der Waals surface area contributed by atoms with Crippen molar-refractivity contribution >= 4 is 29.3 Å². The van der Waals surface area contributed by atoms with Crippen molar-refractivity contribution in [2.75, 3.05) is 19.4 Å². The molecule has 0 aromatic heterocycles. The number of amides is 1. The number of hydrogen-bond donors (Lipinski definition) is 1. The summed E-state index contributed by atoms with van der Waals surface area (Å²) in [6, 6.07) is 17.6. The van der Waals surface area contributed by atoms with Gasteiger partial charge in [0.05, 0.1) is 5.75 Å². The van der Waals surface area contributed by atoms with E-state index in [0.717, 1.165) is 11.3 Å². The summed E-state index contributed by atoms with van der Waals surface area (Å²) in [4.78, 5) is 11.9. The van der Waals surface area contributed by atoms with Gasteiger partial charge in [0.1, 0.15) is 6.10 Å². The van der Waals surface area contributed by atoms with Crippen LogP contribution in [0.1, 0.15) is 17.2 Å². The number of benzene rings is 2. The Morgan fingerprint density at radius 3 is 2.57 bits per heavy atom. The average molecular weight is 350 g/mol. The summed E-state index contributed by atoms with van der Waals surface area (Å²) in [5, 5.41) is 3.55. The third-order valence-electron chi connectivity index (χ3n) is 3.37. The molecule has 0 bridgehead atoms. The first kappa shape index (κ1) is 17.9. The van der Waals surface area contributed by atoms with E-state index in [1.165, 1.54) is 5.56 Å². The van der Waals surface area contributed by atoms with E-state index in [9.17, 15) is 4.79 Å². The fourth-order valence-corrected chi connectivity index (χ4v) is 3.22. The van der Waals surface area contributed by atoms with Crippen LogP contribution in [0.4, 0.5) is 0 Å². The van der Waals surface area contributed by atoms with E-state index < -0.39 is 0 Å². The molecule has 0 aliphatic carbocycles. The van der Waals surface area contributed by atoms with E-state index >= 15 is 0 Å². The zero-order chi connectivity index (χ0) is 16.5. The van der Waals surface area contributed by atoms with Crippen LogP contribution >= 0.6 is 23.4 Å². The Morgan fingerprint density at radius 2 is 1.87 bits per heavy atom. The highest BCUT2D eigenvalue weighted by atomic mass is 35.5. The Balaban J connectivity index is 1.75. The SMILES string of the molecule is CO[C@@H](CNC(=O)CSCc1ccccc1)c1ccccc1Cl. The van der Waals surface area contributed by atoms with Crippen LogP contribution in [-0.4, -0.2) is 25.3 Å². The van der Waals surface area contributed by atoms with Crippen molar-refractivity contribution in [2.45, 2.75) is 11.9 Å². The minimum absolute atomic E-state index is 0.0000321. The molecule has 0 fully saturated rings. The van der Waals surface area contributed by atoms with Gasteiger partial charge in [0.2, 0.25) is 5.91 Å². The molecule has 1 atom stereocenters. The quantitative estimate of drug-likeness (QED) is 0.780. The minimum Gasteiger partial charge on any atom is -0.375 e. The number of nitrogens with one attached hydrogen (secondary N) is 1. The van der Waals surface area contributed by atoms with Crippen molar-refractivity contribution < 1.29 is 9.53 Å². The van der Waals surface area contributed by atoms with Crippen LogP contribution in [0.15, 0.2) is 54.6 Å². The molecule has 0 radical (unpaired) electrons. The molecule has 0 unspecified atom stereocenters. The Kier molecular flexibility index (Phi) is 7.46. The number of rotatable bonds is 8. The van der Waals surface area contributed by atoms with Crippen LogP contribution in [0, 0.1) is 0 Å². The second-order valence-corrected chi connectivity index (χ2v) is 6.42. The molecule has 1 amide bonds. The molecule has 1 N–H and O–H groups in total. The number of halogens is 1. The van der Waals surface area contributed by atoms with Crippen LogP contribution in [0.5, 0.6) is 0 Å². The van der Waals surface area contributed by atoms with E-state index in [2.05, 4.69) is 17.4 Å². The molecule has 2 rings (SSSR count). The van der Waals surface area contributed by atoms with Gasteiger partial charge in [0, 0.05) is 30.0 Å². The zero-order valence-electron chi connectivity index (χ0n) is 13.0. The van der Waals surface area contributed by atoms with Crippen molar-refractivity contribution in [3.8, 4) is 0 Å². The van der Waals surface area contributed by atoms with Gasteiger partial charge in [0.25, 0.3) is 0 Å². The van der Waals surface area contributed by atoms with E-state index in [1.54, 1.807) is 18.9 Å². The number of hydrogen-bond acceptors (Lipinski definition) is 3. The van der Waals surface area contributed by atoms with Gasteiger partial charge in [-0.1, -0.05) is 60.1 Å². The summed E-state index contributed by atoms with van der Waals surface area (Å²) in [6.45, 7) is 0.408. The first-order chi connectivity index (χ1) is 11.2. The molecule has 3 nitrogen and oxygen atoms in total. The van der Waals surface area contributed by atoms with Gasteiger partial charge in [-0.05, 0) is 11.6 Å². The molecule has 23 heavy (non-hydrogen) atoms. The first-order valence-electron chi connectivity index (χ1n) is 7.36. The van der Waals surface area contributed by atoms with E-state index in [0.29, 0.717) is 17.3 Å². The second kappa shape index (κ2) is 9.60. The zero-order valence-corrected chi connectivity index (χ0v) is 14.6. The van der Waals surface area contributed by atoms with Crippen LogP contribution in [0.25, 0.3) is 0 Å². The maximum Gasteiger partial charge on any atom is 0.230 e. The van der Waals surface area contributed by atoms with E-state index in [4.69, 9.17) is 16.3 Å². The molecule has 5 heteroatoms.